The fourth-order valence-corrected chi connectivity index (χ4v) is 2.00. The Balaban J connectivity index is 2.97. The first-order chi connectivity index (χ1) is 7.35. The van der Waals surface area contributed by atoms with Crippen LogP contribution in [0.5, 0.6) is 5.75 Å². The summed E-state index contributed by atoms with van der Waals surface area (Å²) in [5.41, 5.74) is 9.06. The maximum Gasteiger partial charge on any atom is 0.125 e. The lowest BCUT2D eigenvalue weighted by molar-refractivity contribution is 0.100. The summed E-state index contributed by atoms with van der Waals surface area (Å²) in [4.78, 5) is 0. The van der Waals surface area contributed by atoms with Crippen molar-refractivity contribution in [2.45, 2.75) is 46.6 Å². The molecule has 0 bridgehead atoms. The molecule has 2 nitrogen and oxygen atoms in total. The molecule has 0 aliphatic carbocycles. The lowest BCUT2D eigenvalue weighted by Gasteiger charge is -2.28. The van der Waals surface area contributed by atoms with Crippen molar-refractivity contribution in [1.82, 2.24) is 0 Å². The van der Waals surface area contributed by atoms with Gasteiger partial charge in [0.25, 0.3) is 0 Å². The number of benzene rings is 1. The monoisotopic (exact) mass is 221 g/mol. The molecule has 0 amide bonds. The molecule has 0 atom stereocenters. The van der Waals surface area contributed by atoms with Gasteiger partial charge in [0.05, 0.1) is 0 Å². The van der Waals surface area contributed by atoms with Gasteiger partial charge in [0.1, 0.15) is 11.4 Å². The number of rotatable bonds is 4. The topological polar surface area (TPSA) is 35.2 Å². The van der Waals surface area contributed by atoms with Gasteiger partial charge in [0.2, 0.25) is 0 Å². The predicted octanol–water partition coefficient (Wildman–Crippen LogP) is 3.12. The zero-order chi connectivity index (χ0) is 12.3. The van der Waals surface area contributed by atoms with Crippen molar-refractivity contribution in [3.05, 3.63) is 28.8 Å². The van der Waals surface area contributed by atoms with Crippen molar-refractivity contribution in [2.75, 3.05) is 6.54 Å². The molecule has 0 spiro atoms. The van der Waals surface area contributed by atoms with E-state index in [0.717, 1.165) is 12.2 Å². The van der Waals surface area contributed by atoms with Crippen molar-refractivity contribution in [3.63, 3.8) is 0 Å². The molecule has 0 unspecified atom stereocenters. The van der Waals surface area contributed by atoms with Crippen LogP contribution >= 0.6 is 0 Å². The second-order valence-corrected chi connectivity index (χ2v) is 5.13. The fourth-order valence-electron chi connectivity index (χ4n) is 2.00. The summed E-state index contributed by atoms with van der Waals surface area (Å²) in [5.74, 6) is 1.00. The van der Waals surface area contributed by atoms with Gasteiger partial charge in [-0.2, -0.15) is 0 Å². The molecular weight excluding hydrogens is 198 g/mol. The van der Waals surface area contributed by atoms with Crippen molar-refractivity contribution in [1.29, 1.82) is 0 Å². The molecular formula is C14H23NO. The van der Waals surface area contributed by atoms with Gasteiger partial charge in [-0.1, -0.05) is 17.7 Å². The van der Waals surface area contributed by atoms with E-state index in [0.29, 0.717) is 6.54 Å². The summed E-state index contributed by atoms with van der Waals surface area (Å²) in [6, 6.07) is 4.31. The largest absolute Gasteiger partial charge is 0.487 e. The van der Waals surface area contributed by atoms with E-state index in [1.807, 2.05) is 0 Å². The molecule has 0 saturated heterocycles. The second kappa shape index (κ2) is 4.88. The zero-order valence-corrected chi connectivity index (χ0v) is 11.1. The summed E-state index contributed by atoms with van der Waals surface area (Å²) in [6.45, 7) is 11.1. The van der Waals surface area contributed by atoms with Crippen LogP contribution in [0.15, 0.2) is 12.1 Å². The normalized spacial score (nSPS) is 11.6. The van der Waals surface area contributed by atoms with Gasteiger partial charge in [-0.15, -0.1) is 0 Å². The minimum absolute atomic E-state index is 0.195. The molecule has 0 radical (unpaired) electrons. The molecule has 0 heterocycles. The lowest BCUT2D eigenvalue weighted by atomic mass is 10.0. The minimum atomic E-state index is -0.195. The SMILES string of the molecule is Cc1cc(C)c(OC(C)(C)CCN)c(C)c1. The molecule has 0 saturated carbocycles. The zero-order valence-electron chi connectivity index (χ0n) is 11.1. The molecule has 16 heavy (non-hydrogen) atoms. The maximum atomic E-state index is 6.08. The summed E-state index contributed by atoms with van der Waals surface area (Å²) in [5, 5.41) is 0. The first kappa shape index (κ1) is 13.0. The number of hydrogen-bond donors (Lipinski definition) is 1. The molecule has 2 N–H and O–H groups in total. The minimum Gasteiger partial charge on any atom is -0.487 e. The van der Waals surface area contributed by atoms with Crippen LogP contribution in [0.25, 0.3) is 0 Å². The van der Waals surface area contributed by atoms with Gasteiger partial charge < -0.3 is 10.5 Å². The molecule has 0 fully saturated rings. The Morgan fingerprint density at radius 1 is 1.12 bits per heavy atom. The van der Waals surface area contributed by atoms with E-state index in [1.54, 1.807) is 0 Å². The van der Waals surface area contributed by atoms with E-state index in [4.69, 9.17) is 10.5 Å². The van der Waals surface area contributed by atoms with E-state index >= 15 is 0 Å². The van der Waals surface area contributed by atoms with Crippen LogP contribution in [0, 0.1) is 20.8 Å². The Labute approximate surface area is 98.8 Å². The Bertz CT molecular complexity index is 346. The first-order valence-corrected chi connectivity index (χ1v) is 5.82. The molecule has 2 heteroatoms. The van der Waals surface area contributed by atoms with Crippen LogP contribution < -0.4 is 10.5 Å². The van der Waals surface area contributed by atoms with Gasteiger partial charge in [-0.05, 0) is 58.7 Å². The highest BCUT2D eigenvalue weighted by Gasteiger charge is 2.20. The van der Waals surface area contributed by atoms with E-state index in [2.05, 4.69) is 46.8 Å². The highest BCUT2D eigenvalue weighted by atomic mass is 16.5. The van der Waals surface area contributed by atoms with Crippen molar-refractivity contribution >= 4 is 0 Å². The fraction of sp³-hybridized carbons (Fsp3) is 0.571. The van der Waals surface area contributed by atoms with E-state index in [-0.39, 0.29) is 5.60 Å². The number of nitrogens with two attached hydrogens (primary N) is 1. The number of ether oxygens (including phenoxy) is 1. The quantitative estimate of drug-likeness (QED) is 0.848. The Morgan fingerprint density at radius 3 is 2.06 bits per heavy atom. The standard InChI is InChI=1S/C14H23NO/c1-10-8-11(2)13(12(3)9-10)16-14(4,5)6-7-15/h8-9H,6-7,15H2,1-5H3. The average molecular weight is 221 g/mol. The van der Waals surface area contributed by atoms with Gasteiger partial charge in [0.15, 0.2) is 0 Å². The van der Waals surface area contributed by atoms with Gasteiger partial charge in [-0.3, -0.25) is 0 Å². The van der Waals surface area contributed by atoms with Crippen molar-refractivity contribution in [3.8, 4) is 5.75 Å². The first-order valence-electron chi connectivity index (χ1n) is 5.82. The van der Waals surface area contributed by atoms with Crippen LogP contribution in [-0.4, -0.2) is 12.1 Å². The van der Waals surface area contributed by atoms with Crippen LogP contribution in [-0.2, 0) is 0 Å². The lowest BCUT2D eigenvalue weighted by Crippen LogP contribution is -2.31. The van der Waals surface area contributed by atoms with Gasteiger partial charge in [0, 0.05) is 0 Å². The smallest absolute Gasteiger partial charge is 0.125 e. The average Bonchev–Trinajstić information content (AvgIpc) is 2.11. The third-order valence-electron chi connectivity index (χ3n) is 2.73. The van der Waals surface area contributed by atoms with Crippen molar-refractivity contribution in [2.24, 2.45) is 5.73 Å². The predicted molar refractivity (Wildman–Crippen MR) is 69.0 cm³/mol. The highest BCUT2D eigenvalue weighted by molar-refractivity contribution is 5.43. The summed E-state index contributed by atoms with van der Waals surface area (Å²) in [6.07, 6.45) is 0.861. The molecule has 0 aliphatic rings. The Kier molecular flexibility index (Phi) is 3.98. The van der Waals surface area contributed by atoms with Crippen molar-refractivity contribution < 1.29 is 4.74 Å². The maximum absolute atomic E-state index is 6.08. The Hall–Kier alpha value is -1.02. The summed E-state index contributed by atoms with van der Waals surface area (Å²) < 4.78 is 6.08. The van der Waals surface area contributed by atoms with Gasteiger partial charge >= 0.3 is 0 Å². The third-order valence-corrected chi connectivity index (χ3v) is 2.73. The van der Waals surface area contributed by atoms with Crippen LogP contribution in [0.3, 0.4) is 0 Å². The van der Waals surface area contributed by atoms with E-state index in [1.165, 1.54) is 16.7 Å². The molecule has 1 aromatic carbocycles. The Morgan fingerprint density at radius 2 is 1.62 bits per heavy atom. The van der Waals surface area contributed by atoms with Crippen LogP contribution in [0.1, 0.15) is 37.0 Å². The van der Waals surface area contributed by atoms with E-state index in [9.17, 15) is 0 Å². The number of aryl methyl sites for hydroxylation is 3. The van der Waals surface area contributed by atoms with E-state index < -0.39 is 0 Å². The summed E-state index contributed by atoms with van der Waals surface area (Å²) >= 11 is 0. The van der Waals surface area contributed by atoms with Crippen LogP contribution in [0.4, 0.5) is 0 Å². The molecule has 1 aromatic rings. The second-order valence-electron chi connectivity index (χ2n) is 5.13. The summed E-state index contributed by atoms with van der Waals surface area (Å²) in [7, 11) is 0. The highest BCUT2D eigenvalue weighted by Crippen LogP contribution is 2.29. The molecule has 1 rings (SSSR count). The molecule has 0 aromatic heterocycles. The molecule has 0 aliphatic heterocycles. The van der Waals surface area contributed by atoms with Gasteiger partial charge in [-0.25, -0.2) is 0 Å². The van der Waals surface area contributed by atoms with Crippen LogP contribution in [0.2, 0.25) is 0 Å². The molecule has 90 valence electrons. The third kappa shape index (κ3) is 3.24. The number of hydrogen-bond acceptors (Lipinski definition) is 2.